The first-order chi connectivity index (χ1) is 8.11. The van der Waals surface area contributed by atoms with Crippen LogP contribution in [-0.2, 0) is 0 Å². The molecule has 0 saturated heterocycles. The number of rotatable bonds is 3. The zero-order valence-electron chi connectivity index (χ0n) is 9.61. The van der Waals surface area contributed by atoms with E-state index in [-0.39, 0.29) is 0 Å². The Balaban J connectivity index is 2.42. The average molecular weight is 297 g/mol. The van der Waals surface area contributed by atoms with Gasteiger partial charge in [0.1, 0.15) is 23.4 Å². The minimum absolute atomic E-state index is 0.513. The van der Waals surface area contributed by atoms with Crippen LogP contribution in [0.1, 0.15) is 23.2 Å². The highest BCUT2D eigenvalue weighted by Gasteiger charge is 2.18. The highest BCUT2D eigenvalue weighted by molar-refractivity contribution is 9.10. The first-order valence-electron chi connectivity index (χ1n) is 5.19. The summed E-state index contributed by atoms with van der Waals surface area (Å²) in [6.45, 7) is 1.84. The highest BCUT2D eigenvalue weighted by Crippen LogP contribution is 2.32. The molecule has 0 aliphatic rings. The molecule has 1 unspecified atom stereocenters. The lowest BCUT2D eigenvalue weighted by atomic mass is 10.1. The molecule has 0 radical (unpaired) electrons. The highest BCUT2D eigenvalue weighted by atomic mass is 79.9. The van der Waals surface area contributed by atoms with Crippen molar-refractivity contribution in [3.05, 3.63) is 51.9 Å². The summed E-state index contributed by atoms with van der Waals surface area (Å²) < 4.78 is 11.5. The van der Waals surface area contributed by atoms with Crippen LogP contribution in [0.25, 0.3) is 0 Å². The van der Waals surface area contributed by atoms with Crippen molar-refractivity contribution in [2.24, 2.45) is 0 Å². The maximum atomic E-state index is 10.2. The molecule has 0 aliphatic heterocycles. The Morgan fingerprint density at radius 1 is 1.29 bits per heavy atom. The molecular formula is C13H13BrO3. The molecule has 4 heteroatoms. The first kappa shape index (κ1) is 12.2. The van der Waals surface area contributed by atoms with Gasteiger partial charge in [-0.2, -0.15) is 0 Å². The third-order valence-corrected chi connectivity index (χ3v) is 3.01. The predicted octanol–water partition coefficient (Wildman–Crippen LogP) is 3.44. The molecule has 0 aliphatic carbocycles. The average Bonchev–Trinajstić information content (AvgIpc) is 2.75. The molecule has 0 bridgehead atoms. The van der Waals surface area contributed by atoms with E-state index in [2.05, 4.69) is 15.9 Å². The summed E-state index contributed by atoms with van der Waals surface area (Å²) in [7, 11) is 1.58. The quantitative estimate of drug-likeness (QED) is 0.943. The second-order valence-corrected chi connectivity index (χ2v) is 4.65. The Labute approximate surface area is 108 Å². The zero-order valence-corrected chi connectivity index (χ0v) is 11.2. The van der Waals surface area contributed by atoms with Crippen LogP contribution in [0.3, 0.4) is 0 Å². The summed E-state index contributed by atoms with van der Waals surface area (Å²) in [6.07, 6.45) is -0.823. The van der Waals surface area contributed by atoms with E-state index in [4.69, 9.17) is 9.15 Å². The summed E-state index contributed by atoms with van der Waals surface area (Å²) in [6, 6.07) is 9.07. The number of aryl methyl sites for hydroxylation is 1. The molecule has 2 aromatic rings. The molecule has 1 atom stereocenters. The van der Waals surface area contributed by atoms with Gasteiger partial charge in [-0.3, -0.25) is 0 Å². The molecule has 17 heavy (non-hydrogen) atoms. The lowest BCUT2D eigenvalue weighted by Gasteiger charge is -2.13. The molecule has 0 amide bonds. The van der Waals surface area contributed by atoms with Gasteiger partial charge >= 0.3 is 0 Å². The summed E-state index contributed by atoms with van der Waals surface area (Å²) in [4.78, 5) is 0. The standard InChI is InChI=1S/C13H13BrO3/c1-8-3-5-12(17-8)13(15)10-7-9(14)4-6-11(10)16-2/h3-7,13,15H,1-2H3. The molecule has 2 rings (SSSR count). The fourth-order valence-corrected chi connectivity index (χ4v) is 2.05. The van der Waals surface area contributed by atoms with E-state index in [1.807, 2.05) is 25.1 Å². The molecule has 0 spiro atoms. The van der Waals surface area contributed by atoms with Crippen LogP contribution in [0.5, 0.6) is 5.75 Å². The number of hydrogen-bond acceptors (Lipinski definition) is 3. The lowest BCUT2D eigenvalue weighted by Crippen LogP contribution is -2.01. The number of halogens is 1. The van der Waals surface area contributed by atoms with E-state index >= 15 is 0 Å². The van der Waals surface area contributed by atoms with Crippen LogP contribution in [0, 0.1) is 6.92 Å². The van der Waals surface area contributed by atoms with E-state index < -0.39 is 6.10 Å². The number of methoxy groups -OCH3 is 1. The number of hydrogen-bond donors (Lipinski definition) is 1. The predicted molar refractivity (Wildman–Crippen MR) is 68.2 cm³/mol. The van der Waals surface area contributed by atoms with Crippen LogP contribution in [0.4, 0.5) is 0 Å². The van der Waals surface area contributed by atoms with Gasteiger partial charge in [0.05, 0.1) is 7.11 Å². The van der Waals surface area contributed by atoms with Crippen molar-refractivity contribution in [2.45, 2.75) is 13.0 Å². The van der Waals surface area contributed by atoms with Crippen molar-refractivity contribution < 1.29 is 14.3 Å². The summed E-state index contributed by atoms with van der Waals surface area (Å²) in [5.41, 5.74) is 0.677. The fraction of sp³-hybridized carbons (Fsp3) is 0.231. The Morgan fingerprint density at radius 2 is 2.06 bits per heavy atom. The molecule has 1 aromatic heterocycles. The minimum atomic E-state index is -0.823. The molecule has 3 nitrogen and oxygen atoms in total. The summed E-state index contributed by atoms with van der Waals surface area (Å²) >= 11 is 3.37. The molecule has 90 valence electrons. The first-order valence-corrected chi connectivity index (χ1v) is 5.99. The van der Waals surface area contributed by atoms with E-state index in [9.17, 15) is 5.11 Å². The van der Waals surface area contributed by atoms with Crippen molar-refractivity contribution in [2.75, 3.05) is 7.11 Å². The lowest BCUT2D eigenvalue weighted by molar-refractivity contribution is 0.183. The number of benzene rings is 1. The third kappa shape index (κ3) is 2.53. The minimum Gasteiger partial charge on any atom is -0.496 e. The van der Waals surface area contributed by atoms with Crippen LogP contribution >= 0.6 is 15.9 Å². The second kappa shape index (κ2) is 4.94. The van der Waals surface area contributed by atoms with Gasteiger partial charge in [0.2, 0.25) is 0 Å². The van der Waals surface area contributed by atoms with Gasteiger partial charge in [-0.25, -0.2) is 0 Å². The normalized spacial score (nSPS) is 12.5. The number of aliphatic hydroxyl groups is 1. The third-order valence-electron chi connectivity index (χ3n) is 2.52. The number of ether oxygens (including phenoxy) is 1. The van der Waals surface area contributed by atoms with E-state index in [1.54, 1.807) is 19.2 Å². The van der Waals surface area contributed by atoms with Gasteiger partial charge in [-0.05, 0) is 37.3 Å². The van der Waals surface area contributed by atoms with Gasteiger partial charge in [-0.1, -0.05) is 15.9 Å². The Kier molecular flexibility index (Phi) is 3.54. The largest absolute Gasteiger partial charge is 0.496 e. The van der Waals surface area contributed by atoms with Crippen molar-refractivity contribution in [1.82, 2.24) is 0 Å². The van der Waals surface area contributed by atoms with E-state index in [0.29, 0.717) is 17.1 Å². The van der Waals surface area contributed by atoms with Gasteiger partial charge in [0.15, 0.2) is 0 Å². The van der Waals surface area contributed by atoms with Crippen molar-refractivity contribution in [3.63, 3.8) is 0 Å². The van der Waals surface area contributed by atoms with Crippen LogP contribution in [0.2, 0.25) is 0 Å². The van der Waals surface area contributed by atoms with Crippen LogP contribution in [0.15, 0.2) is 39.2 Å². The molecule has 1 N–H and O–H groups in total. The van der Waals surface area contributed by atoms with Crippen LogP contribution in [-0.4, -0.2) is 12.2 Å². The molecule has 1 aromatic carbocycles. The Morgan fingerprint density at radius 3 is 2.65 bits per heavy atom. The van der Waals surface area contributed by atoms with Crippen LogP contribution < -0.4 is 4.74 Å². The smallest absolute Gasteiger partial charge is 0.140 e. The fourth-order valence-electron chi connectivity index (χ4n) is 1.67. The Bertz CT molecular complexity index is 519. The second-order valence-electron chi connectivity index (χ2n) is 3.74. The molecule has 0 saturated carbocycles. The maximum Gasteiger partial charge on any atom is 0.140 e. The van der Waals surface area contributed by atoms with Crippen molar-refractivity contribution in [3.8, 4) is 5.75 Å². The van der Waals surface area contributed by atoms with Gasteiger partial charge < -0.3 is 14.3 Å². The van der Waals surface area contributed by atoms with E-state index in [1.165, 1.54) is 0 Å². The monoisotopic (exact) mass is 296 g/mol. The molecule has 1 heterocycles. The summed E-state index contributed by atoms with van der Waals surface area (Å²) in [5, 5.41) is 10.2. The molecular weight excluding hydrogens is 284 g/mol. The zero-order chi connectivity index (χ0) is 12.4. The van der Waals surface area contributed by atoms with E-state index in [0.717, 1.165) is 10.2 Å². The van der Waals surface area contributed by atoms with Crippen molar-refractivity contribution in [1.29, 1.82) is 0 Å². The SMILES string of the molecule is COc1ccc(Br)cc1C(O)c1ccc(C)o1. The Hall–Kier alpha value is -1.26. The van der Waals surface area contributed by atoms with Gasteiger partial charge in [0, 0.05) is 10.0 Å². The maximum absolute atomic E-state index is 10.2. The summed E-state index contributed by atoms with van der Waals surface area (Å²) in [5.74, 6) is 1.92. The number of aliphatic hydroxyl groups excluding tert-OH is 1. The topological polar surface area (TPSA) is 42.6 Å². The van der Waals surface area contributed by atoms with Gasteiger partial charge in [0.25, 0.3) is 0 Å². The van der Waals surface area contributed by atoms with Gasteiger partial charge in [-0.15, -0.1) is 0 Å². The number of furan rings is 1. The van der Waals surface area contributed by atoms with Crippen molar-refractivity contribution >= 4 is 15.9 Å². The molecule has 0 fully saturated rings.